The summed E-state index contributed by atoms with van der Waals surface area (Å²) in [6, 6.07) is 19.5. The summed E-state index contributed by atoms with van der Waals surface area (Å²) in [4.78, 5) is 29.0. The number of amides is 2. The van der Waals surface area contributed by atoms with Gasteiger partial charge in [0.1, 0.15) is 0 Å². The topological polar surface area (TPSA) is 49.4 Å². The molecule has 1 aliphatic rings. The SMILES string of the molecule is Cc1ccc(CCNC(=O)[C@@H]2c3ccccc3C(=O)N(C)[C@@H]2c2cccs2)cc1. The third-order valence-electron chi connectivity index (χ3n) is 5.53. The van der Waals surface area contributed by atoms with Crippen LogP contribution in [0.4, 0.5) is 0 Å². The zero-order chi connectivity index (χ0) is 20.4. The average molecular weight is 405 g/mol. The monoisotopic (exact) mass is 404 g/mol. The van der Waals surface area contributed by atoms with E-state index in [9.17, 15) is 9.59 Å². The number of fused-ring (bicyclic) bond motifs is 1. The molecule has 0 unspecified atom stereocenters. The van der Waals surface area contributed by atoms with Crippen molar-refractivity contribution in [1.29, 1.82) is 0 Å². The van der Waals surface area contributed by atoms with Crippen molar-refractivity contribution in [2.75, 3.05) is 13.6 Å². The molecule has 2 aromatic carbocycles. The molecule has 1 N–H and O–H groups in total. The summed E-state index contributed by atoms with van der Waals surface area (Å²) in [6.45, 7) is 2.63. The minimum atomic E-state index is -0.425. The Labute approximate surface area is 175 Å². The van der Waals surface area contributed by atoms with Gasteiger partial charge in [-0.1, -0.05) is 54.1 Å². The summed E-state index contributed by atoms with van der Waals surface area (Å²) in [5.41, 5.74) is 3.84. The molecule has 148 valence electrons. The summed E-state index contributed by atoms with van der Waals surface area (Å²) >= 11 is 1.58. The van der Waals surface area contributed by atoms with Gasteiger partial charge in [0.05, 0.1) is 12.0 Å². The lowest BCUT2D eigenvalue weighted by Gasteiger charge is -2.39. The second-order valence-electron chi connectivity index (χ2n) is 7.47. The molecule has 29 heavy (non-hydrogen) atoms. The second-order valence-corrected chi connectivity index (χ2v) is 8.45. The summed E-state index contributed by atoms with van der Waals surface area (Å²) in [5, 5.41) is 5.10. The van der Waals surface area contributed by atoms with Crippen LogP contribution >= 0.6 is 11.3 Å². The maximum Gasteiger partial charge on any atom is 0.254 e. The van der Waals surface area contributed by atoms with Crippen molar-refractivity contribution in [3.8, 4) is 0 Å². The van der Waals surface area contributed by atoms with E-state index in [0.717, 1.165) is 16.9 Å². The third kappa shape index (κ3) is 3.83. The number of hydrogen-bond donors (Lipinski definition) is 1. The van der Waals surface area contributed by atoms with Gasteiger partial charge in [-0.3, -0.25) is 9.59 Å². The molecule has 2 heterocycles. The highest BCUT2D eigenvalue weighted by Gasteiger charge is 2.42. The number of nitrogens with zero attached hydrogens (tertiary/aromatic N) is 1. The summed E-state index contributed by atoms with van der Waals surface area (Å²) < 4.78 is 0. The molecule has 0 saturated carbocycles. The number of thiophene rings is 1. The molecule has 3 aromatic rings. The fourth-order valence-corrected chi connectivity index (χ4v) is 4.87. The largest absolute Gasteiger partial charge is 0.355 e. The number of carbonyl (C=O) groups excluding carboxylic acids is 2. The Morgan fingerprint density at radius 2 is 1.83 bits per heavy atom. The van der Waals surface area contributed by atoms with Crippen LogP contribution in [-0.2, 0) is 11.2 Å². The van der Waals surface area contributed by atoms with Crippen LogP contribution in [-0.4, -0.2) is 30.3 Å². The minimum absolute atomic E-state index is 0.0392. The molecule has 0 fully saturated rings. The smallest absolute Gasteiger partial charge is 0.254 e. The Balaban J connectivity index is 1.59. The maximum absolute atomic E-state index is 13.3. The van der Waals surface area contributed by atoms with Gasteiger partial charge in [0.25, 0.3) is 5.91 Å². The normalized spacial score (nSPS) is 18.4. The van der Waals surface area contributed by atoms with E-state index >= 15 is 0 Å². The molecule has 0 radical (unpaired) electrons. The molecular formula is C24H24N2O2S. The number of likely N-dealkylation sites (N-methyl/N-ethyl adjacent to an activating group) is 1. The van der Waals surface area contributed by atoms with Gasteiger partial charge in [0, 0.05) is 24.0 Å². The lowest BCUT2D eigenvalue weighted by molar-refractivity contribution is -0.124. The molecule has 0 spiro atoms. The number of benzene rings is 2. The minimum Gasteiger partial charge on any atom is -0.355 e. The van der Waals surface area contributed by atoms with Crippen LogP contribution in [0.15, 0.2) is 66.0 Å². The highest BCUT2D eigenvalue weighted by Crippen LogP contribution is 2.43. The molecule has 0 bridgehead atoms. The number of carbonyl (C=O) groups is 2. The fourth-order valence-electron chi connectivity index (χ4n) is 3.97. The summed E-state index contributed by atoms with van der Waals surface area (Å²) in [6.07, 6.45) is 0.777. The lowest BCUT2D eigenvalue weighted by atomic mass is 9.81. The first kappa shape index (κ1) is 19.4. The third-order valence-corrected chi connectivity index (χ3v) is 6.47. The Bertz CT molecular complexity index is 1010. The first-order valence-corrected chi connectivity index (χ1v) is 10.7. The first-order chi connectivity index (χ1) is 14.1. The van der Waals surface area contributed by atoms with E-state index in [2.05, 4.69) is 36.5 Å². The van der Waals surface area contributed by atoms with Crippen molar-refractivity contribution >= 4 is 23.2 Å². The molecular weight excluding hydrogens is 380 g/mol. The van der Waals surface area contributed by atoms with E-state index in [1.807, 2.05) is 41.8 Å². The van der Waals surface area contributed by atoms with Gasteiger partial charge in [-0.15, -0.1) is 11.3 Å². The van der Waals surface area contributed by atoms with E-state index < -0.39 is 5.92 Å². The number of hydrogen-bond acceptors (Lipinski definition) is 3. The van der Waals surface area contributed by atoms with Crippen LogP contribution in [0.1, 0.15) is 43.9 Å². The van der Waals surface area contributed by atoms with E-state index in [0.29, 0.717) is 12.1 Å². The Kier molecular flexibility index (Phi) is 5.49. The Hall–Kier alpha value is -2.92. The number of nitrogens with one attached hydrogen (secondary N) is 1. The van der Waals surface area contributed by atoms with E-state index in [1.54, 1.807) is 23.3 Å². The van der Waals surface area contributed by atoms with E-state index in [1.165, 1.54) is 11.1 Å². The first-order valence-electron chi connectivity index (χ1n) is 9.79. The van der Waals surface area contributed by atoms with Crippen LogP contribution in [0.25, 0.3) is 0 Å². The van der Waals surface area contributed by atoms with Crippen molar-refractivity contribution in [2.45, 2.75) is 25.3 Å². The molecule has 0 aliphatic carbocycles. The van der Waals surface area contributed by atoms with Crippen LogP contribution in [0.2, 0.25) is 0 Å². The van der Waals surface area contributed by atoms with Crippen LogP contribution < -0.4 is 5.32 Å². The lowest BCUT2D eigenvalue weighted by Crippen LogP contribution is -2.45. The van der Waals surface area contributed by atoms with Crippen molar-refractivity contribution in [3.63, 3.8) is 0 Å². The summed E-state index contributed by atoms with van der Waals surface area (Å²) in [5.74, 6) is -0.504. The highest BCUT2D eigenvalue weighted by molar-refractivity contribution is 7.10. The Morgan fingerprint density at radius 1 is 1.07 bits per heavy atom. The van der Waals surface area contributed by atoms with Crippen molar-refractivity contribution in [3.05, 3.63) is 93.2 Å². The van der Waals surface area contributed by atoms with Crippen LogP contribution in [0, 0.1) is 6.92 Å². The molecule has 1 aromatic heterocycles. The molecule has 4 rings (SSSR count). The van der Waals surface area contributed by atoms with Gasteiger partial charge >= 0.3 is 0 Å². The predicted octanol–water partition coefficient (Wildman–Crippen LogP) is 4.33. The standard InChI is InChI=1S/C24H24N2O2S/c1-16-9-11-17(12-10-16)13-14-25-23(27)21-18-6-3-4-7-19(18)24(28)26(2)22(21)20-8-5-15-29-20/h3-12,15,21-22H,13-14H2,1-2H3,(H,25,27)/t21-,22-/m1/s1. The van der Waals surface area contributed by atoms with Gasteiger partial charge in [0.15, 0.2) is 0 Å². The van der Waals surface area contributed by atoms with Crippen molar-refractivity contribution < 1.29 is 9.59 Å². The molecule has 2 atom stereocenters. The molecule has 4 nitrogen and oxygen atoms in total. The van der Waals surface area contributed by atoms with Gasteiger partial charge in [-0.05, 0) is 42.0 Å². The number of aryl methyl sites for hydroxylation is 1. The summed E-state index contributed by atoms with van der Waals surface area (Å²) in [7, 11) is 1.79. The van der Waals surface area contributed by atoms with Gasteiger partial charge < -0.3 is 10.2 Å². The fraction of sp³-hybridized carbons (Fsp3) is 0.250. The molecule has 1 aliphatic heterocycles. The average Bonchev–Trinajstić information content (AvgIpc) is 3.26. The van der Waals surface area contributed by atoms with Gasteiger partial charge in [0.2, 0.25) is 5.91 Å². The predicted molar refractivity (Wildman–Crippen MR) is 116 cm³/mol. The van der Waals surface area contributed by atoms with Gasteiger partial charge in [-0.25, -0.2) is 0 Å². The van der Waals surface area contributed by atoms with Crippen molar-refractivity contribution in [1.82, 2.24) is 10.2 Å². The van der Waals surface area contributed by atoms with Gasteiger partial charge in [-0.2, -0.15) is 0 Å². The zero-order valence-electron chi connectivity index (χ0n) is 16.6. The zero-order valence-corrected chi connectivity index (χ0v) is 17.4. The Morgan fingerprint density at radius 3 is 2.55 bits per heavy atom. The molecule has 0 saturated heterocycles. The van der Waals surface area contributed by atoms with Crippen LogP contribution in [0.5, 0.6) is 0 Å². The molecule has 5 heteroatoms. The second kappa shape index (κ2) is 8.21. The van der Waals surface area contributed by atoms with E-state index in [4.69, 9.17) is 0 Å². The number of rotatable bonds is 5. The maximum atomic E-state index is 13.3. The highest BCUT2D eigenvalue weighted by atomic mass is 32.1. The molecule has 2 amide bonds. The van der Waals surface area contributed by atoms with Crippen LogP contribution in [0.3, 0.4) is 0 Å². The van der Waals surface area contributed by atoms with E-state index in [-0.39, 0.29) is 17.9 Å². The van der Waals surface area contributed by atoms with Crippen molar-refractivity contribution in [2.24, 2.45) is 0 Å². The quantitative estimate of drug-likeness (QED) is 0.688.